The molecule has 0 fully saturated rings. The van der Waals surface area contributed by atoms with Gasteiger partial charge in [0.05, 0.1) is 14.2 Å². The molecule has 1 aromatic heterocycles. The highest BCUT2D eigenvalue weighted by atomic mass is 16.5. The molecule has 7 heteroatoms. The van der Waals surface area contributed by atoms with Crippen LogP contribution in [0.2, 0.25) is 0 Å². The van der Waals surface area contributed by atoms with Crippen molar-refractivity contribution in [3.63, 3.8) is 0 Å². The molecule has 0 aliphatic heterocycles. The zero-order chi connectivity index (χ0) is 20.6. The van der Waals surface area contributed by atoms with Gasteiger partial charge in [0.1, 0.15) is 5.82 Å². The van der Waals surface area contributed by atoms with Gasteiger partial charge in [0.2, 0.25) is 0 Å². The number of hydrogen-bond acceptors (Lipinski definition) is 6. The van der Waals surface area contributed by atoms with E-state index in [0.717, 1.165) is 17.5 Å². The Morgan fingerprint density at radius 2 is 1.59 bits per heavy atom. The lowest BCUT2D eigenvalue weighted by Gasteiger charge is -2.10. The van der Waals surface area contributed by atoms with Crippen molar-refractivity contribution in [3.8, 4) is 11.5 Å². The first-order valence-electron chi connectivity index (χ1n) is 9.25. The fourth-order valence-electron chi connectivity index (χ4n) is 2.76. The Labute approximate surface area is 170 Å². The molecule has 3 aromatic rings. The van der Waals surface area contributed by atoms with Crippen LogP contribution in [0.5, 0.6) is 11.5 Å². The van der Waals surface area contributed by atoms with Gasteiger partial charge in [0.15, 0.2) is 17.3 Å². The molecule has 1 amide bonds. The Morgan fingerprint density at radius 1 is 0.897 bits per heavy atom. The summed E-state index contributed by atoms with van der Waals surface area (Å²) in [5, 5.41) is 14.1. The van der Waals surface area contributed by atoms with E-state index >= 15 is 0 Å². The Hall–Kier alpha value is -3.61. The van der Waals surface area contributed by atoms with Crippen LogP contribution in [-0.2, 0) is 6.42 Å². The second-order valence-corrected chi connectivity index (χ2v) is 6.49. The van der Waals surface area contributed by atoms with Gasteiger partial charge in [-0.1, -0.05) is 23.8 Å². The molecule has 0 saturated carbocycles. The number of nitrogens with zero attached hydrogens (tertiary/aromatic N) is 2. The number of methoxy groups -OCH3 is 2. The van der Waals surface area contributed by atoms with E-state index in [1.165, 1.54) is 0 Å². The lowest BCUT2D eigenvalue weighted by Crippen LogP contribution is -2.14. The number of amides is 1. The number of rotatable bonds is 8. The van der Waals surface area contributed by atoms with Gasteiger partial charge < -0.3 is 20.1 Å². The molecule has 0 unspecified atom stereocenters. The zero-order valence-electron chi connectivity index (χ0n) is 16.7. The van der Waals surface area contributed by atoms with E-state index in [9.17, 15) is 4.79 Å². The lowest BCUT2D eigenvalue weighted by molar-refractivity contribution is 0.102. The minimum Gasteiger partial charge on any atom is -0.493 e. The van der Waals surface area contributed by atoms with Crippen LogP contribution in [-0.4, -0.2) is 36.9 Å². The standard InChI is InChI=1S/C22H24N4O3/c1-15-4-7-17(8-5-15)22(27)24-21-11-10-20(25-26-21)23-13-12-16-6-9-18(28-2)19(14-16)29-3/h4-11,14H,12-13H2,1-3H3,(H,23,25)(H,24,26,27). The van der Waals surface area contributed by atoms with E-state index in [4.69, 9.17) is 9.47 Å². The van der Waals surface area contributed by atoms with Crippen LogP contribution < -0.4 is 20.1 Å². The van der Waals surface area contributed by atoms with Crippen LogP contribution in [0, 0.1) is 6.92 Å². The summed E-state index contributed by atoms with van der Waals surface area (Å²) in [5.41, 5.74) is 2.80. The number of hydrogen-bond donors (Lipinski definition) is 2. The van der Waals surface area contributed by atoms with Crippen molar-refractivity contribution in [2.75, 3.05) is 31.4 Å². The molecule has 0 saturated heterocycles. The van der Waals surface area contributed by atoms with Crippen molar-refractivity contribution in [2.45, 2.75) is 13.3 Å². The second-order valence-electron chi connectivity index (χ2n) is 6.49. The van der Waals surface area contributed by atoms with Crippen LogP contribution in [0.4, 0.5) is 11.6 Å². The number of ether oxygens (including phenoxy) is 2. The van der Waals surface area contributed by atoms with Crippen LogP contribution in [0.3, 0.4) is 0 Å². The molecule has 2 N–H and O–H groups in total. The van der Waals surface area contributed by atoms with Gasteiger partial charge in [-0.2, -0.15) is 0 Å². The molecule has 0 aliphatic rings. The van der Waals surface area contributed by atoms with Crippen molar-refractivity contribution in [2.24, 2.45) is 0 Å². The fraction of sp³-hybridized carbons (Fsp3) is 0.227. The SMILES string of the molecule is COc1ccc(CCNc2ccc(NC(=O)c3ccc(C)cc3)nn2)cc1OC. The summed E-state index contributed by atoms with van der Waals surface area (Å²) >= 11 is 0. The molecule has 2 aromatic carbocycles. The van der Waals surface area contributed by atoms with Gasteiger partial charge in [-0.25, -0.2) is 0 Å². The summed E-state index contributed by atoms with van der Waals surface area (Å²) in [4.78, 5) is 12.2. The Morgan fingerprint density at radius 3 is 2.24 bits per heavy atom. The van der Waals surface area contributed by atoms with Crippen LogP contribution >= 0.6 is 0 Å². The normalized spacial score (nSPS) is 10.3. The van der Waals surface area contributed by atoms with Crippen LogP contribution in [0.15, 0.2) is 54.6 Å². The number of nitrogens with one attached hydrogen (secondary N) is 2. The molecule has 0 radical (unpaired) electrons. The van der Waals surface area contributed by atoms with Crippen molar-refractivity contribution in [3.05, 3.63) is 71.3 Å². The molecule has 150 valence electrons. The molecule has 1 heterocycles. The zero-order valence-corrected chi connectivity index (χ0v) is 16.7. The maximum Gasteiger partial charge on any atom is 0.256 e. The minimum atomic E-state index is -0.214. The van der Waals surface area contributed by atoms with Gasteiger partial charge >= 0.3 is 0 Å². The van der Waals surface area contributed by atoms with Crippen molar-refractivity contribution >= 4 is 17.5 Å². The minimum absolute atomic E-state index is 0.214. The molecule has 0 aliphatic carbocycles. The van der Waals surface area contributed by atoms with Gasteiger partial charge in [0.25, 0.3) is 5.91 Å². The highest BCUT2D eigenvalue weighted by Crippen LogP contribution is 2.27. The quantitative estimate of drug-likeness (QED) is 0.608. The van der Waals surface area contributed by atoms with Crippen molar-refractivity contribution in [1.82, 2.24) is 10.2 Å². The van der Waals surface area contributed by atoms with Crippen LogP contribution in [0.25, 0.3) is 0 Å². The third kappa shape index (κ3) is 5.44. The number of aryl methyl sites for hydroxylation is 1. The summed E-state index contributed by atoms with van der Waals surface area (Å²) in [6.45, 7) is 2.66. The maximum absolute atomic E-state index is 12.2. The van der Waals surface area contributed by atoms with E-state index in [1.54, 1.807) is 38.5 Å². The third-order valence-electron chi connectivity index (χ3n) is 4.39. The van der Waals surface area contributed by atoms with Gasteiger partial charge in [-0.15, -0.1) is 10.2 Å². The average Bonchev–Trinajstić information content (AvgIpc) is 2.75. The van der Waals surface area contributed by atoms with Crippen molar-refractivity contribution in [1.29, 1.82) is 0 Å². The highest BCUT2D eigenvalue weighted by Gasteiger charge is 2.07. The summed E-state index contributed by atoms with van der Waals surface area (Å²) in [7, 11) is 3.24. The molecular formula is C22H24N4O3. The summed E-state index contributed by atoms with van der Waals surface area (Å²) in [6, 6.07) is 16.7. The molecule has 0 atom stereocenters. The first-order valence-corrected chi connectivity index (χ1v) is 9.25. The van der Waals surface area contributed by atoms with Gasteiger partial charge in [-0.3, -0.25) is 4.79 Å². The largest absolute Gasteiger partial charge is 0.493 e. The Kier molecular flexibility index (Phi) is 6.63. The molecule has 0 spiro atoms. The molecule has 3 rings (SSSR count). The van der Waals surface area contributed by atoms with E-state index in [2.05, 4.69) is 20.8 Å². The Balaban J connectivity index is 1.51. The van der Waals surface area contributed by atoms with E-state index in [1.807, 2.05) is 37.3 Å². The monoisotopic (exact) mass is 392 g/mol. The molecule has 29 heavy (non-hydrogen) atoms. The fourth-order valence-corrected chi connectivity index (χ4v) is 2.76. The number of carbonyl (C=O) groups excluding carboxylic acids is 1. The summed E-state index contributed by atoms with van der Waals surface area (Å²) in [6.07, 6.45) is 0.786. The number of benzene rings is 2. The molecular weight excluding hydrogens is 368 g/mol. The average molecular weight is 392 g/mol. The topological polar surface area (TPSA) is 85.4 Å². The van der Waals surface area contributed by atoms with E-state index in [-0.39, 0.29) is 5.91 Å². The first kappa shape index (κ1) is 20.1. The third-order valence-corrected chi connectivity index (χ3v) is 4.39. The van der Waals surface area contributed by atoms with Gasteiger partial charge in [0, 0.05) is 12.1 Å². The number of anilines is 2. The highest BCUT2D eigenvalue weighted by molar-refractivity contribution is 6.03. The lowest BCUT2D eigenvalue weighted by atomic mass is 10.1. The number of aromatic nitrogens is 2. The summed E-state index contributed by atoms with van der Waals surface area (Å²) < 4.78 is 10.6. The Bertz CT molecular complexity index is 957. The predicted octanol–water partition coefficient (Wildman–Crippen LogP) is 3.71. The van der Waals surface area contributed by atoms with Gasteiger partial charge in [-0.05, 0) is 55.3 Å². The first-order chi connectivity index (χ1) is 14.1. The van der Waals surface area contributed by atoms with E-state index < -0.39 is 0 Å². The summed E-state index contributed by atoms with van der Waals surface area (Å²) in [5.74, 6) is 2.24. The maximum atomic E-state index is 12.2. The number of carbonyl (C=O) groups is 1. The predicted molar refractivity (Wildman–Crippen MR) is 113 cm³/mol. The molecule has 0 bridgehead atoms. The molecule has 7 nitrogen and oxygen atoms in total. The second kappa shape index (κ2) is 9.54. The van der Waals surface area contributed by atoms with Crippen LogP contribution in [0.1, 0.15) is 21.5 Å². The smallest absolute Gasteiger partial charge is 0.256 e. The van der Waals surface area contributed by atoms with E-state index in [0.29, 0.717) is 35.2 Å². The van der Waals surface area contributed by atoms with Crippen molar-refractivity contribution < 1.29 is 14.3 Å².